The molecule has 7 nitrogen and oxygen atoms in total. The van der Waals surface area contributed by atoms with Crippen molar-refractivity contribution in [1.82, 2.24) is 9.97 Å². The van der Waals surface area contributed by atoms with Gasteiger partial charge in [0.05, 0.1) is 10.2 Å². The fourth-order valence-corrected chi connectivity index (χ4v) is 2.34. The number of benzene rings is 1. The highest BCUT2D eigenvalue weighted by Gasteiger charge is 2.07. The summed E-state index contributed by atoms with van der Waals surface area (Å²) in [6.07, 6.45) is 3.32. The van der Waals surface area contributed by atoms with E-state index < -0.39 is 5.84 Å². The van der Waals surface area contributed by atoms with Gasteiger partial charge in [-0.2, -0.15) is 10.4 Å². The molecular formula is C13H10BrN7S. The minimum atomic E-state index is -0.392. The molecule has 1 heterocycles. The number of para-hydroxylation sites is 1. The third kappa shape index (κ3) is 4.28. The van der Waals surface area contributed by atoms with Crippen LogP contribution in [0.2, 0.25) is 0 Å². The van der Waals surface area contributed by atoms with Gasteiger partial charge in [-0.05, 0) is 39.8 Å². The van der Waals surface area contributed by atoms with Crippen LogP contribution in [0.25, 0.3) is 0 Å². The number of hydrogen-bond acceptors (Lipinski definition) is 7. The van der Waals surface area contributed by atoms with Crippen LogP contribution in [0.15, 0.2) is 56.3 Å². The molecule has 2 rings (SSSR count). The summed E-state index contributed by atoms with van der Waals surface area (Å²) in [4.78, 5) is 9.21. The minimum Gasteiger partial charge on any atom is -0.382 e. The van der Waals surface area contributed by atoms with Gasteiger partial charge in [0, 0.05) is 17.3 Å². The van der Waals surface area contributed by atoms with Crippen molar-refractivity contribution in [2.24, 2.45) is 10.8 Å². The largest absolute Gasteiger partial charge is 0.382 e. The molecule has 0 aliphatic rings. The Labute approximate surface area is 139 Å². The molecule has 2 aromatic rings. The Hall–Kier alpha value is -2.44. The van der Waals surface area contributed by atoms with E-state index in [9.17, 15) is 0 Å². The van der Waals surface area contributed by atoms with Crippen LogP contribution in [0.1, 0.15) is 0 Å². The Balaban J connectivity index is 2.22. The van der Waals surface area contributed by atoms with E-state index >= 15 is 0 Å². The molecule has 110 valence electrons. The topological polar surface area (TPSA) is 124 Å². The molecule has 0 saturated carbocycles. The van der Waals surface area contributed by atoms with Gasteiger partial charge in [-0.1, -0.05) is 12.1 Å². The monoisotopic (exact) mass is 375 g/mol. The highest BCUT2D eigenvalue weighted by Crippen LogP contribution is 2.31. The fraction of sp³-hybridized carbons (Fsp3) is 0. The number of rotatable bonds is 5. The molecule has 1 aromatic carbocycles. The summed E-state index contributed by atoms with van der Waals surface area (Å²) in [5, 5.41) is 20.5. The van der Waals surface area contributed by atoms with Crippen LogP contribution in [0.4, 0.5) is 5.69 Å². The van der Waals surface area contributed by atoms with E-state index in [2.05, 4.69) is 36.4 Å². The summed E-state index contributed by atoms with van der Waals surface area (Å²) < 4.78 is 0.799. The normalized spacial score (nSPS) is 10.8. The smallest absolute Gasteiger partial charge is 0.201 e. The molecule has 9 heteroatoms. The van der Waals surface area contributed by atoms with Crippen molar-refractivity contribution in [1.29, 1.82) is 10.7 Å². The quantitative estimate of drug-likeness (QED) is 0.319. The van der Waals surface area contributed by atoms with E-state index in [0.29, 0.717) is 10.8 Å². The van der Waals surface area contributed by atoms with Crippen LogP contribution in [0.5, 0.6) is 0 Å². The first-order valence-electron chi connectivity index (χ1n) is 5.93. The van der Waals surface area contributed by atoms with Crippen molar-refractivity contribution in [3.63, 3.8) is 0 Å². The maximum absolute atomic E-state index is 8.83. The van der Waals surface area contributed by atoms with E-state index in [-0.39, 0.29) is 5.71 Å². The first-order valence-corrected chi connectivity index (χ1v) is 7.53. The Morgan fingerprint density at radius 2 is 2.05 bits per heavy atom. The van der Waals surface area contributed by atoms with Gasteiger partial charge in [-0.25, -0.2) is 9.97 Å². The van der Waals surface area contributed by atoms with Crippen LogP contribution in [-0.2, 0) is 0 Å². The third-order valence-electron chi connectivity index (χ3n) is 2.33. The second-order valence-electron chi connectivity index (χ2n) is 3.88. The zero-order chi connectivity index (χ0) is 15.9. The molecule has 1 aromatic heterocycles. The number of halogens is 1. The lowest BCUT2D eigenvalue weighted by Gasteiger charge is -2.07. The predicted octanol–water partition coefficient (Wildman–Crippen LogP) is 2.62. The molecule has 0 amide bonds. The number of nitriles is 1. The fourth-order valence-electron chi connectivity index (χ4n) is 1.36. The van der Waals surface area contributed by atoms with Crippen molar-refractivity contribution in [2.75, 3.05) is 5.43 Å². The van der Waals surface area contributed by atoms with Gasteiger partial charge in [0.15, 0.2) is 11.0 Å². The molecule has 0 fully saturated rings. The molecule has 0 bridgehead atoms. The second kappa shape index (κ2) is 7.53. The molecular weight excluding hydrogens is 366 g/mol. The Morgan fingerprint density at radius 1 is 1.36 bits per heavy atom. The van der Waals surface area contributed by atoms with Crippen molar-refractivity contribution in [3.05, 3.63) is 41.1 Å². The zero-order valence-corrected chi connectivity index (χ0v) is 13.5. The summed E-state index contributed by atoms with van der Waals surface area (Å²) in [6, 6.07) is 9.10. The van der Waals surface area contributed by atoms with Crippen molar-refractivity contribution in [3.8, 4) is 6.07 Å². The number of hydrazone groups is 1. The van der Waals surface area contributed by atoms with E-state index in [1.165, 1.54) is 11.8 Å². The Bertz CT molecular complexity index is 752. The summed E-state index contributed by atoms with van der Waals surface area (Å²) in [5.74, 6) is -0.392. The molecule has 0 aliphatic carbocycles. The minimum absolute atomic E-state index is 0.181. The zero-order valence-electron chi connectivity index (χ0n) is 11.1. The maximum Gasteiger partial charge on any atom is 0.201 e. The first kappa shape index (κ1) is 15.9. The summed E-state index contributed by atoms with van der Waals surface area (Å²) in [5.41, 5.74) is 8.46. The van der Waals surface area contributed by atoms with Crippen molar-refractivity contribution in [2.45, 2.75) is 10.1 Å². The van der Waals surface area contributed by atoms with Crippen LogP contribution in [0.3, 0.4) is 0 Å². The maximum atomic E-state index is 8.83. The first-order chi connectivity index (χ1) is 10.6. The van der Waals surface area contributed by atoms with Gasteiger partial charge in [0.1, 0.15) is 6.07 Å². The number of anilines is 1. The third-order valence-corrected chi connectivity index (χ3v) is 3.71. The number of hydrogen-bond donors (Lipinski definition) is 3. The highest BCUT2D eigenvalue weighted by atomic mass is 79.9. The number of nitrogens with one attached hydrogen (secondary N) is 2. The molecule has 0 spiro atoms. The van der Waals surface area contributed by atoms with E-state index in [1.54, 1.807) is 24.5 Å². The Morgan fingerprint density at radius 3 is 2.68 bits per heavy atom. The average molecular weight is 376 g/mol. The van der Waals surface area contributed by atoms with Gasteiger partial charge in [0.2, 0.25) is 5.71 Å². The number of aromatic nitrogens is 2. The summed E-state index contributed by atoms with van der Waals surface area (Å²) in [7, 11) is 0. The predicted molar refractivity (Wildman–Crippen MR) is 88.9 cm³/mol. The summed E-state index contributed by atoms with van der Waals surface area (Å²) >= 11 is 4.63. The van der Waals surface area contributed by atoms with E-state index in [0.717, 1.165) is 9.37 Å². The molecule has 4 N–H and O–H groups in total. The molecule has 22 heavy (non-hydrogen) atoms. The van der Waals surface area contributed by atoms with Crippen LogP contribution in [-0.4, -0.2) is 21.5 Å². The van der Waals surface area contributed by atoms with Crippen LogP contribution in [0, 0.1) is 16.7 Å². The van der Waals surface area contributed by atoms with Crippen molar-refractivity contribution >= 4 is 44.9 Å². The summed E-state index contributed by atoms with van der Waals surface area (Å²) in [6.45, 7) is 0. The standard InChI is InChI=1S/C13H10BrN7S/c14-8-6-18-13(19-7-8)22-11-4-2-1-3-9(11)20-21-10(5-15)12(16)17/h1-4,6-7,20H,(H3,16,17)/b21-10+. The van der Waals surface area contributed by atoms with Gasteiger partial charge in [0.25, 0.3) is 0 Å². The van der Waals surface area contributed by atoms with Gasteiger partial charge in [-0.15, -0.1) is 0 Å². The lowest BCUT2D eigenvalue weighted by Crippen LogP contribution is -2.21. The van der Waals surface area contributed by atoms with E-state index in [4.69, 9.17) is 16.4 Å². The lowest BCUT2D eigenvalue weighted by atomic mass is 10.3. The highest BCUT2D eigenvalue weighted by molar-refractivity contribution is 9.10. The number of amidine groups is 1. The molecule has 0 unspecified atom stereocenters. The van der Waals surface area contributed by atoms with Crippen LogP contribution >= 0.6 is 27.7 Å². The Kier molecular flexibility index (Phi) is 5.46. The molecule has 0 atom stereocenters. The number of nitrogens with two attached hydrogens (primary N) is 1. The molecule has 0 radical (unpaired) electrons. The van der Waals surface area contributed by atoms with E-state index in [1.807, 2.05) is 18.2 Å². The van der Waals surface area contributed by atoms with Gasteiger partial charge in [-0.3, -0.25) is 10.8 Å². The molecule has 0 aliphatic heterocycles. The molecule has 0 saturated heterocycles. The van der Waals surface area contributed by atoms with Gasteiger partial charge < -0.3 is 5.73 Å². The SMILES string of the molecule is N#C/C(=N\Nc1ccccc1Sc1ncc(Br)cn1)C(=N)N. The van der Waals surface area contributed by atoms with Gasteiger partial charge >= 0.3 is 0 Å². The lowest BCUT2D eigenvalue weighted by molar-refractivity contribution is 0.958. The van der Waals surface area contributed by atoms with Crippen LogP contribution < -0.4 is 11.2 Å². The second-order valence-corrected chi connectivity index (χ2v) is 5.80. The number of nitrogens with zero attached hydrogens (tertiary/aromatic N) is 4. The average Bonchev–Trinajstić information content (AvgIpc) is 2.51. The van der Waals surface area contributed by atoms with Crippen molar-refractivity contribution < 1.29 is 0 Å².